The normalized spacial score (nSPS) is 25.5. The van der Waals surface area contributed by atoms with Crippen LogP contribution in [-0.4, -0.2) is 20.8 Å². The van der Waals surface area contributed by atoms with Crippen LogP contribution in [0.1, 0.15) is 31.4 Å². The number of imidazole rings is 1. The van der Waals surface area contributed by atoms with E-state index in [1.165, 1.54) is 19.3 Å². The van der Waals surface area contributed by atoms with Crippen LogP contribution in [0.2, 0.25) is 0 Å². The monoisotopic (exact) mass is 269 g/mol. The number of nitrogens with zero attached hydrogens (tertiary/aromatic N) is 2. The molecule has 0 amide bonds. The lowest BCUT2D eigenvalue weighted by Gasteiger charge is -2.27. The van der Waals surface area contributed by atoms with E-state index in [0.717, 1.165) is 23.6 Å². The predicted molar refractivity (Wildman–Crippen MR) is 71.8 cm³/mol. The molecular formula is C12H16ClN3S. The third-order valence-corrected chi connectivity index (χ3v) is 4.66. The highest BCUT2D eigenvalue weighted by molar-refractivity contribution is 7.15. The highest BCUT2D eigenvalue weighted by atomic mass is 35.5. The maximum absolute atomic E-state index is 6.32. The van der Waals surface area contributed by atoms with E-state index in [1.807, 2.05) is 6.20 Å². The van der Waals surface area contributed by atoms with Gasteiger partial charge in [0.15, 0.2) is 4.96 Å². The quantitative estimate of drug-likeness (QED) is 0.868. The molecule has 0 bridgehead atoms. The van der Waals surface area contributed by atoms with Gasteiger partial charge in [-0.25, -0.2) is 4.98 Å². The summed E-state index contributed by atoms with van der Waals surface area (Å²) in [5.41, 5.74) is 1.10. The van der Waals surface area contributed by atoms with Gasteiger partial charge in [-0.3, -0.25) is 4.40 Å². The number of halogens is 1. The molecule has 1 fully saturated rings. The van der Waals surface area contributed by atoms with E-state index >= 15 is 0 Å². The van der Waals surface area contributed by atoms with E-state index in [2.05, 4.69) is 26.3 Å². The van der Waals surface area contributed by atoms with Crippen molar-refractivity contribution in [3.8, 4) is 0 Å². The summed E-state index contributed by atoms with van der Waals surface area (Å²) in [7, 11) is 0. The first-order valence-corrected chi connectivity index (χ1v) is 7.43. The molecule has 2 atom stereocenters. The van der Waals surface area contributed by atoms with Gasteiger partial charge in [0.05, 0.1) is 5.69 Å². The third-order valence-electron chi connectivity index (χ3n) is 3.37. The van der Waals surface area contributed by atoms with Crippen molar-refractivity contribution in [2.45, 2.75) is 43.6 Å². The van der Waals surface area contributed by atoms with Crippen LogP contribution >= 0.6 is 22.9 Å². The number of fused-ring (bicyclic) bond motifs is 1. The van der Waals surface area contributed by atoms with Crippen LogP contribution in [0.3, 0.4) is 0 Å². The summed E-state index contributed by atoms with van der Waals surface area (Å²) in [6.45, 7) is 0.822. The summed E-state index contributed by atoms with van der Waals surface area (Å²) in [6.07, 6.45) is 9.02. The van der Waals surface area contributed by atoms with Crippen molar-refractivity contribution in [2.75, 3.05) is 0 Å². The molecule has 1 aliphatic carbocycles. The number of thiazole rings is 1. The second-order valence-corrected chi connectivity index (χ2v) is 6.05. The van der Waals surface area contributed by atoms with Crippen molar-refractivity contribution in [2.24, 2.45) is 0 Å². The SMILES string of the molecule is ClC1CCCCC1NCc1cn2ccsc2n1. The minimum Gasteiger partial charge on any atom is -0.307 e. The van der Waals surface area contributed by atoms with Crippen molar-refractivity contribution in [1.29, 1.82) is 0 Å². The Labute approximate surface area is 110 Å². The molecule has 1 aliphatic rings. The molecule has 2 aromatic heterocycles. The molecule has 0 saturated heterocycles. The van der Waals surface area contributed by atoms with Crippen molar-refractivity contribution in [3.63, 3.8) is 0 Å². The van der Waals surface area contributed by atoms with Gasteiger partial charge in [0.2, 0.25) is 0 Å². The number of hydrogen-bond donors (Lipinski definition) is 1. The number of hydrogen-bond acceptors (Lipinski definition) is 3. The molecule has 17 heavy (non-hydrogen) atoms. The van der Waals surface area contributed by atoms with E-state index in [9.17, 15) is 0 Å². The number of rotatable bonds is 3. The largest absolute Gasteiger partial charge is 0.307 e. The Bertz CT molecular complexity index is 464. The number of alkyl halides is 1. The predicted octanol–water partition coefficient (Wildman–Crippen LogP) is 3.04. The average Bonchev–Trinajstić information content (AvgIpc) is 2.88. The molecule has 2 heterocycles. The Morgan fingerprint density at radius 3 is 3.18 bits per heavy atom. The van der Waals surface area contributed by atoms with Crippen LogP contribution in [-0.2, 0) is 6.54 Å². The summed E-state index contributed by atoms with van der Waals surface area (Å²) >= 11 is 7.99. The summed E-state index contributed by atoms with van der Waals surface area (Å²) in [5.74, 6) is 0. The maximum Gasteiger partial charge on any atom is 0.193 e. The first-order chi connectivity index (χ1) is 8.33. The second-order valence-electron chi connectivity index (χ2n) is 4.61. The van der Waals surface area contributed by atoms with Gasteiger partial charge in [0, 0.05) is 35.7 Å². The summed E-state index contributed by atoms with van der Waals surface area (Å²) in [6, 6.07) is 0.449. The van der Waals surface area contributed by atoms with Crippen molar-refractivity contribution < 1.29 is 0 Å². The minimum absolute atomic E-state index is 0.285. The Morgan fingerprint density at radius 2 is 2.35 bits per heavy atom. The van der Waals surface area contributed by atoms with Crippen LogP contribution in [0.4, 0.5) is 0 Å². The van der Waals surface area contributed by atoms with Gasteiger partial charge in [-0.05, 0) is 12.8 Å². The summed E-state index contributed by atoms with van der Waals surface area (Å²) < 4.78 is 2.07. The molecule has 0 aromatic carbocycles. The highest BCUT2D eigenvalue weighted by Crippen LogP contribution is 2.23. The Hall–Kier alpha value is -0.580. The Balaban J connectivity index is 1.61. The summed E-state index contributed by atoms with van der Waals surface area (Å²) in [4.78, 5) is 5.62. The standard InChI is InChI=1S/C12H16ClN3S/c13-10-3-1-2-4-11(10)14-7-9-8-16-5-6-17-12(16)15-9/h5-6,8,10-11,14H,1-4,7H2. The first-order valence-electron chi connectivity index (χ1n) is 6.11. The second kappa shape index (κ2) is 4.96. The molecule has 0 spiro atoms. The summed E-state index contributed by atoms with van der Waals surface area (Å²) in [5, 5.41) is 5.87. The van der Waals surface area contributed by atoms with Gasteiger partial charge in [-0.1, -0.05) is 12.8 Å². The molecule has 3 nitrogen and oxygen atoms in total. The van der Waals surface area contributed by atoms with Crippen molar-refractivity contribution in [3.05, 3.63) is 23.5 Å². The fourth-order valence-electron chi connectivity index (χ4n) is 2.41. The maximum atomic E-state index is 6.32. The fourth-order valence-corrected chi connectivity index (χ4v) is 3.50. The van der Waals surface area contributed by atoms with E-state index in [0.29, 0.717) is 6.04 Å². The topological polar surface area (TPSA) is 29.3 Å². The van der Waals surface area contributed by atoms with Gasteiger partial charge < -0.3 is 5.32 Å². The van der Waals surface area contributed by atoms with Crippen LogP contribution < -0.4 is 5.32 Å². The van der Waals surface area contributed by atoms with Crippen molar-refractivity contribution >= 4 is 27.9 Å². The van der Waals surface area contributed by atoms with Crippen LogP contribution in [0.25, 0.3) is 4.96 Å². The molecule has 3 rings (SSSR count). The van der Waals surface area contributed by atoms with Crippen molar-refractivity contribution in [1.82, 2.24) is 14.7 Å². The van der Waals surface area contributed by atoms with Gasteiger partial charge in [0.25, 0.3) is 0 Å². The molecular weight excluding hydrogens is 254 g/mol. The van der Waals surface area contributed by atoms with Crippen LogP contribution in [0, 0.1) is 0 Å². The lowest BCUT2D eigenvalue weighted by atomic mass is 9.95. The lowest BCUT2D eigenvalue weighted by molar-refractivity contribution is 0.377. The van der Waals surface area contributed by atoms with Crippen LogP contribution in [0.5, 0.6) is 0 Å². The zero-order valence-corrected chi connectivity index (χ0v) is 11.2. The van der Waals surface area contributed by atoms with E-state index in [1.54, 1.807) is 11.3 Å². The van der Waals surface area contributed by atoms with Gasteiger partial charge in [-0.2, -0.15) is 0 Å². The molecule has 92 valence electrons. The minimum atomic E-state index is 0.285. The zero-order valence-electron chi connectivity index (χ0n) is 9.60. The van der Waals surface area contributed by atoms with Crippen LogP contribution in [0.15, 0.2) is 17.8 Å². The van der Waals surface area contributed by atoms with Gasteiger partial charge in [0.1, 0.15) is 0 Å². The molecule has 0 aliphatic heterocycles. The highest BCUT2D eigenvalue weighted by Gasteiger charge is 2.22. The van der Waals surface area contributed by atoms with E-state index < -0.39 is 0 Å². The van der Waals surface area contributed by atoms with Gasteiger partial charge in [-0.15, -0.1) is 22.9 Å². The first kappa shape index (κ1) is 11.5. The molecule has 1 N–H and O–H groups in total. The fraction of sp³-hybridized carbons (Fsp3) is 0.583. The average molecular weight is 270 g/mol. The number of nitrogens with one attached hydrogen (secondary N) is 1. The smallest absolute Gasteiger partial charge is 0.193 e. The van der Waals surface area contributed by atoms with E-state index in [4.69, 9.17) is 11.6 Å². The molecule has 2 unspecified atom stereocenters. The molecule has 2 aromatic rings. The number of aromatic nitrogens is 2. The van der Waals surface area contributed by atoms with Gasteiger partial charge >= 0.3 is 0 Å². The third kappa shape index (κ3) is 2.49. The molecule has 1 saturated carbocycles. The Morgan fingerprint density at radius 1 is 1.47 bits per heavy atom. The van der Waals surface area contributed by atoms with E-state index in [-0.39, 0.29) is 5.38 Å². The Kier molecular flexibility index (Phi) is 3.36. The lowest BCUT2D eigenvalue weighted by Crippen LogP contribution is -2.38. The zero-order chi connectivity index (χ0) is 11.7. The molecule has 5 heteroatoms. The molecule has 0 radical (unpaired) electrons.